The van der Waals surface area contributed by atoms with Gasteiger partial charge in [0.1, 0.15) is 5.65 Å². The zero-order valence-corrected chi connectivity index (χ0v) is 15.2. The van der Waals surface area contributed by atoms with Gasteiger partial charge >= 0.3 is 0 Å². The molecule has 26 heavy (non-hydrogen) atoms. The summed E-state index contributed by atoms with van der Waals surface area (Å²) < 4.78 is 0. The van der Waals surface area contributed by atoms with Gasteiger partial charge in [-0.2, -0.15) is 0 Å². The molecule has 0 unspecified atom stereocenters. The van der Waals surface area contributed by atoms with Crippen molar-refractivity contribution in [1.29, 1.82) is 0 Å². The predicted octanol–water partition coefficient (Wildman–Crippen LogP) is 4.93. The van der Waals surface area contributed by atoms with Crippen LogP contribution in [0.5, 0.6) is 0 Å². The van der Waals surface area contributed by atoms with Gasteiger partial charge in [0, 0.05) is 33.5 Å². The molecule has 0 aliphatic heterocycles. The Labute approximate surface area is 159 Å². The summed E-state index contributed by atoms with van der Waals surface area (Å²) in [5, 5.41) is 1.93. The Morgan fingerprint density at radius 1 is 1.00 bits per heavy atom. The third-order valence-corrected chi connectivity index (χ3v) is 5.21. The molecule has 0 aliphatic carbocycles. The number of halogens is 1. The van der Waals surface area contributed by atoms with Crippen molar-refractivity contribution in [2.75, 3.05) is 0 Å². The Hall–Kier alpha value is -2.63. The zero-order valence-electron chi connectivity index (χ0n) is 13.6. The maximum Gasteiger partial charge on any atom is 0.257 e. The summed E-state index contributed by atoms with van der Waals surface area (Å²) in [5.74, 6) is 0.772. The van der Waals surface area contributed by atoms with Gasteiger partial charge in [-0.15, -0.1) is 0 Å². The molecule has 0 saturated carbocycles. The van der Waals surface area contributed by atoms with Gasteiger partial charge in [-0.05, 0) is 17.7 Å². The summed E-state index contributed by atoms with van der Waals surface area (Å²) in [5.41, 5.74) is 2.71. The standard InChI is InChI=1S/C20H14ClN3OS/c21-17-9-5-4-8-15(17)16-10-14-11-22-20(24-18(14)23-19(16)25)26-12-13-6-2-1-3-7-13/h1-11H,12H2,(H,22,23,24,25). The van der Waals surface area contributed by atoms with Crippen molar-refractivity contribution < 1.29 is 0 Å². The van der Waals surface area contributed by atoms with E-state index in [0.29, 0.717) is 27.0 Å². The molecule has 0 aliphatic rings. The largest absolute Gasteiger partial charge is 0.306 e. The lowest BCUT2D eigenvalue weighted by molar-refractivity contribution is 0.984. The molecule has 0 bridgehead atoms. The summed E-state index contributed by atoms with van der Waals surface area (Å²) >= 11 is 7.75. The Kier molecular flexibility index (Phi) is 4.73. The van der Waals surface area contributed by atoms with E-state index in [9.17, 15) is 4.79 Å². The van der Waals surface area contributed by atoms with Gasteiger partial charge in [-0.1, -0.05) is 71.9 Å². The van der Waals surface area contributed by atoms with E-state index < -0.39 is 0 Å². The van der Waals surface area contributed by atoms with Crippen LogP contribution in [-0.2, 0) is 5.75 Å². The van der Waals surface area contributed by atoms with Crippen LogP contribution in [0.4, 0.5) is 0 Å². The molecule has 0 atom stereocenters. The summed E-state index contributed by atoms with van der Waals surface area (Å²) in [7, 11) is 0. The summed E-state index contributed by atoms with van der Waals surface area (Å²) in [4.78, 5) is 24.2. The number of benzene rings is 2. The lowest BCUT2D eigenvalue weighted by Gasteiger charge is -2.06. The molecule has 1 N–H and O–H groups in total. The number of pyridine rings is 1. The maximum atomic E-state index is 12.5. The van der Waals surface area contributed by atoms with Crippen LogP contribution in [0.25, 0.3) is 22.2 Å². The average molecular weight is 380 g/mol. The van der Waals surface area contributed by atoms with Crippen LogP contribution in [0.15, 0.2) is 76.8 Å². The summed E-state index contributed by atoms with van der Waals surface area (Å²) in [6.07, 6.45) is 1.73. The molecule has 0 fully saturated rings. The third-order valence-electron chi connectivity index (χ3n) is 3.95. The predicted molar refractivity (Wildman–Crippen MR) is 107 cm³/mol. The average Bonchev–Trinajstić information content (AvgIpc) is 2.67. The highest BCUT2D eigenvalue weighted by atomic mass is 35.5. The van der Waals surface area contributed by atoms with Gasteiger partial charge in [-0.3, -0.25) is 4.79 Å². The van der Waals surface area contributed by atoms with Crippen molar-refractivity contribution in [3.05, 3.63) is 87.8 Å². The van der Waals surface area contributed by atoms with Crippen LogP contribution in [0.3, 0.4) is 0 Å². The Bertz CT molecular complexity index is 1130. The first-order valence-electron chi connectivity index (χ1n) is 8.02. The van der Waals surface area contributed by atoms with Crippen molar-refractivity contribution in [2.45, 2.75) is 10.9 Å². The van der Waals surface area contributed by atoms with E-state index in [1.807, 2.05) is 36.4 Å². The minimum atomic E-state index is -0.219. The first kappa shape index (κ1) is 16.8. The van der Waals surface area contributed by atoms with E-state index in [1.165, 1.54) is 17.3 Å². The number of aromatic nitrogens is 3. The van der Waals surface area contributed by atoms with Gasteiger partial charge < -0.3 is 4.98 Å². The van der Waals surface area contributed by atoms with Gasteiger partial charge in [0.2, 0.25) is 0 Å². The molecule has 2 aromatic carbocycles. The topological polar surface area (TPSA) is 58.6 Å². The quantitative estimate of drug-likeness (QED) is 0.403. The number of nitrogens with zero attached hydrogens (tertiary/aromatic N) is 2. The number of nitrogens with one attached hydrogen (secondary N) is 1. The molecule has 0 spiro atoms. The molecular weight excluding hydrogens is 366 g/mol. The van der Waals surface area contributed by atoms with Crippen molar-refractivity contribution >= 4 is 34.4 Å². The summed E-state index contributed by atoms with van der Waals surface area (Å²) in [6.45, 7) is 0. The van der Waals surface area contributed by atoms with Crippen molar-refractivity contribution in [3.8, 4) is 11.1 Å². The lowest BCUT2D eigenvalue weighted by Crippen LogP contribution is -2.10. The monoisotopic (exact) mass is 379 g/mol. The number of rotatable bonds is 4. The molecule has 4 nitrogen and oxygen atoms in total. The molecule has 128 valence electrons. The normalized spacial score (nSPS) is 11.0. The SMILES string of the molecule is O=c1[nH]c2nc(SCc3ccccc3)ncc2cc1-c1ccccc1Cl. The fraction of sp³-hybridized carbons (Fsp3) is 0.0500. The van der Waals surface area contributed by atoms with Gasteiger partial charge in [0.15, 0.2) is 5.16 Å². The highest BCUT2D eigenvalue weighted by Gasteiger charge is 2.10. The molecule has 0 saturated heterocycles. The Balaban J connectivity index is 1.66. The molecular formula is C20H14ClN3OS. The van der Waals surface area contributed by atoms with Gasteiger partial charge in [0.25, 0.3) is 5.56 Å². The van der Waals surface area contributed by atoms with E-state index >= 15 is 0 Å². The highest BCUT2D eigenvalue weighted by Crippen LogP contribution is 2.27. The minimum absolute atomic E-state index is 0.219. The Morgan fingerprint density at radius 3 is 2.58 bits per heavy atom. The Morgan fingerprint density at radius 2 is 1.77 bits per heavy atom. The van der Waals surface area contributed by atoms with Crippen LogP contribution in [0.1, 0.15) is 5.56 Å². The zero-order chi connectivity index (χ0) is 17.9. The number of fused-ring (bicyclic) bond motifs is 1. The van der Waals surface area contributed by atoms with Crippen molar-refractivity contribution in [2.24, 2.45) is 0 Å². The van der Waals surface area contributed by atoms with Crippen LogP contribution in [0.2, 0.25) is 5.02 Å². The van der Waals surface area contributed by atoms with E-state index in [4.69, 9.17) is 11.6 Å². The number of thioether (sulfide) groups is 1. The smallest absolute Gasteiger partial charge is 0.257 e. The van der Waals surface area contributed by atoms with Crippen molar-refractivity contribution in [3.63, 3.8) is 0 Å². The number of aromatic amines is 1. The van der Waals surface area contributed by atoms with Gasteiger partial charge in [0.05, 0.1) is 0 Å². The number of hydrogen-bond acceptors (Lipinski definition) is 4. The molecule has 6 heteroatoms. The first-order chi connectivity index (χ1) is 12.7. The molecule has 2 aromatic heterocycles. The molecule has 4 aromatic rings. The van der Waals surface area contributed by atoms with Crippen molar-refractivity contribution in [1.82, 2.24) is 15.0 Å². The second-order valence-corrected chi connectivity index (χ2v) is 7.07. The second kappa shape index (κ2) is 7.32. The van der Waals surface area contributed by atoms with E-state index in [1.54, 1.807) is 18.3 Å². The molecule has 4 rings (SSSR count). The maximum absolute atomic E-state index is 12.5. The minimum Gasteiger partial charge on any atom is -0.306 e. The fourth-order valence-electron chi connectivity index (χ4n) is 2.65. The van der Waals surface area contributed by atoms with Crippen LogP contribution in [-0.4, -0.2) is 15.0 Å². The van der Waals surface area contributed by atoms with Crippen LogP contribution < -0.4 is 5.56 Å². The summed E-state index contributed by atoms with van der Waals surface area (Å²) in [6, 6.07) is 19.2. The van der Waals surface area contributed by atoms with E-state index in [2.05, 4.69) is 27.1 Å². The molecule has 0 radical (unpaired) electrons. The number of hydrogen-bond donors (Lipinski definition) is 1. The van der Waals surface area contributed by atoms with E-state index in [-0.39, 0.29) is 5.56 Å². The van der Waals surface area contributed by atoms with Crippen LogP contribution >= 0.6 is 23.4 Å². The molecule has 2 heterocycles. The second-order valence-electron chi connectivity index (χ2n) is 5.72. The third kappa shape index (κ3) is 3.49. The first-order valence-corrected chi connectivity index (χ1v) is 9.39. The van der Waals surface area contributed by atoms with Crippen LogP contribution in [0, 0.1) is 0 Å². The lowest BCUT2D eigenvalue weighted by atomic mass is 10.1. The fourth-order valence-corrected chi connectivity index (χ4v) is 3.66. The molecule has 0 amide bonds. The van der Waals surface area contributed by atoms with Gasteiger partial charge in [-0.25, -0.2) is 9.97 Å². The highest BCUT2D eigenvalue weighted by molar-refractivity contribution is 7.98. The number of H-pyrrole nitrogens is 1. The van der Waals surface area contributed by atoms with E-state index in [0.717, 1.165) is 11.1 Å².